The van der Waals surface area contributed by atoms with E-state index in [9.17, 15) is 9.90 Å². The molecule has 1 spiro atoms. The zero-order valence-electron chi connectivity index (χ0n) is 13.5. The zero-order valence-corrected chi connectivity index (χ0v) is 13.5. The van der Waals surface area contributed by atoms with Crippen molar-refractivity contribution in [3.05, 3.63) is 11.1 Å². The molecule has 2 heteroatoms. The molecule has 0 aromatic carbocycles. The largest absolute Gasteiger partial charge is 0.396 e. The van der Waals surface area contributed by atoms with Crippen LogP contribution in [-0.4, -0.2) is 17.5 Å². The van der Waals surface area contributed by atoms with Gasteiger partial charge in [0.2, 0.25) is 0 Å². The van der Waals surface area contributed by atoms with Gasteiger partial charge < -0.3 is 5.11 Å². The predicted molar refractivity (Wildman–Crippen MR) is 82.7 cm³/mol. The molecule has 0 saturated heterocycles. The average molecular weight is 288 g/mol. The number of hydrogen-bond donors (Lipinski definition) is 1. The molecule has 5 atom stereocenters. The normalized spacial score (nSPS) is 49.1. The Morgan fingerprint density at radius 1 is 1.19 bits per heavy atom. The molecule has 3 fully saturated rings. The number of carbonyl (C=O) groups excluding carboxylic acids is 1. The molecule has 5 unspecified atom stereocenters. The van der Waals surface area contributed by atoms with Crippen molar-refractivity contribution in [2.75, 3.05) is 6.61 Å². The highest BCUT2D eigenvalue weighted by Crippen LogP contribution is 2.69. The number of hydrogen-bond acceptors (Lipinski definition) is 2. The summed E-state index contributed by atoms with van der Waals surface area (Å²) in [5.41, 5.74) is 3.35. The van der Waals surface area contributed by atoms with Crippen molar-refractivity contribution in [2.45, 2.75) is 65.2 Å². The molecule has 2 bridgehead atoms. The molecular formula is C19H28O2. The lowest BCUT2D eigenvalue weighted by molar-refractivity contribution is -0.118. The lowest BCUT2D eigenvalue weighted by Gasteiger charge is -2.57. The van der Waals surface area contributed by atoms with E-state index >= 15 is 0 Å². The molecule has 4 rings (SSSR count). The second-order valence-electron chi connectivity index (χ2n) is 8.55. The molecule has 116 valence electrons. The number of carbonyl (C=O) groups is 1. The van der Waals surface area contributed by atoms with Crippen LogP contribution in [-0.2, 0) is 4.79 Å². The third-order valence-electron chi connectivity index (χ3n) is 7.88. The fraction of sp³-hybridized carbons (Fsp3) is 0.842. The molecule has 0 aliphatic heterocycles. The molecule has 0 aromatic rings. The first kappa shape index (κ1) is 14.0. The smallest absolute Gasteiger partial charge is 0.158 e. The van der Waals surface area contributed by atoms with Crippen LogP contribution in [0.5, 0.6) is 0 Å². The van der Waals surface area contributed by atoms with Gasteiger partial charge in [0.15, 0.2) is 5.78 Å². The second-order valence-corrected chi connectivity index (χ2v) is 8.55. The highest BCUT2D eigenvalue weighted by atomic mass is 16.3. The Morgan fingerprint density at radius 3 is 2.76 bits per heavy atom. The molecular weight excluding hydrogens is 260 g/mol. The monoisotopic (exact) mass is 288 g/mol. The Labute approximate surface area is 128 Å². The van der Waals surface area contributed by atoms with Gasteiger partial charge in [0, 0.05) is 13.0 Å². The average Bonchev–Trinajstić information content (AvgIpc) is 2.74. The van der Waals surface area contributed by atoms with E-state index in [4.69, 9.17) is 0 Å². The minimum absolute atomic E-state index is 0.269. The van der Waals surface area contributed by atoms with E-state index in [1.165, 1.54) is 37.7 Å². The first-order chi connectivity index (χ1) is 10.00. The van der Waals surface area contributed by atoms with Gasteiger partial charge in [0.05, 0.1) is 0 Å². The Bertz CT molecular complexity index is 520. The van der Waals surface area contributed by atoms with Gasteiger partial charge >= 0.3 is 0 Å². The van der Waals surface area contributed by atoms with Gasteiger partial charge in [0.1, 0.15) is 0 Å². The molecule has 3 saturated carbocycles. The van der Waals surface area contributed by atoms with Crippen LogP contribution >= 0.6 is 0 Å². The van der Waals surface area contributed by atoms with Gasteiger partial charge in [0.25, 0.3) is 0 Å². The number of aliphatic hydroxyl groups excluding tert-OH is 1. The summed E-state index contributed by atoms with van der Waals surface area (Å²) >= 11 is 0. The Kier molecular flexibility index (Phi) is 2.96. The van der Waals surface area contributed by atoms with Crippen molar-refractivity contribution in [1.82, 2.24) is 0 Å². The first-order valence-corrected chi connectivity index (χ1v) is 8.84. The van der Waals surface area contributed by atoms with Gasteiger partial charge in [-0.3, -0.25) is 4.79 Å². The summed E-state index contributed by atoms with van der Waals surface area (Å²) < 4.78 is 0. The third kappa shape index (κ3) is 1.72. The summed E-state index contributed by atoms with van der Waals surface area (Å²) in [6.07, 6.45) is 9.43. The summed E-state index contributed by atoms with van der Waals surface area (Å²) in [7, 11) is 0. The van der Waals surface area contributed by atoms with Gasteiger partial charge in [-0.1, -0.05) is 12.5 Å². The minimum atomic E-state index is 0.269. The van der Waals surface area contributed by atoms with Crippen LogP contribution in [0, 0.1) is 28.6 Å². The van der Waals surface area contributed by atoms with E-state index in [2.05, 4.69) is 13.8 Å². The van der Waals surface area contributed by atoms with Crippen LogP contribution in [0.25, 0.3) is 0 Å². The van der Waals surface area contributed by atoms with Crippen molar-refractivity contribution >= 4 is 5.78 Å². The van der Waals surface area contributed by atoms with Crippen LogP contribution in [0.4, 0.5) is 0 Å². The van der Waals surface area contributed by atoms with Crippen molar-refractivity contribution in [1.29, 1.82) is 0 Å². The summed E-state index contributed by atoms with van der Waals surface area (Å²) in [4.78, 5) is 12.1. The molecule has 0 radical (unpaired) electrons. The lowest BCUT2D eigenvalue weighted by Crippen LogP contribution is -2.49. The Morgan fingerprint density at radius 2 is 2.00 bits per heavy atom. The van der Waals surface area contributed by atoms with Crippen LogP contribution in [0.15, 0.2) is 11.1 Å². The zero-order chi connectivity index (χ0) is 14.8. The topological polar surface area (TPSA) is 37.3 Å². The predicted octanol–water partition coefficient (Wildman–Crippen LogP) is 3.88. The molecule has 0 amide bonds. The minimum Gasteiger partial charge on any atom is -0.396 e. The van der Waals surface area contributed by atoms with Gasteiger partial charge in [-0.05, 0) is 86.0 Å². The molecule has 0 aromatic heterocycles. The number of ketones is 1. The Balaban J connectivity index is 1.76. The fourth-order valence-corrected chi connectivity index (χ4v) is 6.90. The van der Waals surface area contributed by atoms with E-state index in [0.29, 0.717) is 23.7 Å². The molecule has 21 heavy (non-hydrogen) atoms. The SMILES string of the molecule is CC1=C2CCC34CC(CO)C(CCC3C2(C)CCC1=O)C4. The highest BCUT2D eigenvalue weighted by molar-refractivity contribution is 5.96. The second kappa shape index (κ2) is 4.44. The van der Waals surface area contributed by atoms with Gasteiger partial charge in [-0.25, -0.2) is 0 Å². The van der Waals surface area contributed by atoms with Crippen molar-refractivity contribution in [3.63, 3.8) is 0 Å². The maximum atomic E-state index is 12.1. The quantitative estimate of drug-likeness (QED) is 0.795. The molecule has 2 nitrogen and oxygen atoms in total. The maximum absolute atomic E-state index is 12.1. The molecule has 1 N–H and O–H groups in total. The van der Waals surface area contributed by atoms with E-state index < -0.39 is 0 Å². The standard InChI is InChI=1S/C19H28O2/c1-12-15-5-8-19-9-13(14(10-19)11-20)3-4-17(19)18(15,2)7-6-16(12)21/h13-14,17,20H,3-11H2,1-2H3. The van der Waals surface area contributed by atoms with Crippen LogP contribution in [0.1, 0.15) is 65.2 Å². The number of rotatable bonds is 1. The number of fused-ring (bicyclic) bond motifs is 3. The third-order valence-corrected chi connectivity index (χ3v) is 7.88. The molecule has 0 heterocycles. The summed E-state index contributed by atoms with van der Waals surface area (Å²) in [6, 6.07) is 0. The van der Waals surface area contributed by atoms with Gasteiger partial charge in [-0.2, -0.15) is 0 Å². The van der Waals surface area contributed by atoms with E-state index in [-0.39, 0.29) is 5.41 Å². The molecule has 4 aliphatic carbocycles. The maximum Gasteiger partial charge on any atom is 0.158 e. The number of Topliss-reactive ketones (excluding diaryl/α,β-unsaturated/α-hetero) is 1. The van der Waals surface area contributed by atoms with Crippen molar-refractivity contribution in [2.24, 2.45) is 28.6 Å². The van der Waals surface area contributed by atoms with Crippen LogP contribution < -0.4 is 0 Å². The lowest BCUT2D eigenvalue weighted by atomic mass is 9.47. The fourth-order valence-electron chi connectivity index (χ4n) is 6.90. The number of aliphatic hydroxyl groups is 1. The van der Waals surface area contributed by atoms with Crippen LogP contribution in [0.2, 0.25) is 0 Å². The summed E-state index contributed by atoms with van der Waals surface area (Å²) in [5.74, 6) is 2.47. The Hall–Kier alpha value is -0.630. The summed E-state index contributed by atoms with van der Waals surface area (Å²) in [5, 5.41) is 9.72. The van der Waals surface area contributed by atoms with Gasteiger partial charge in [-0.15, -0.1) is 0 Å². The number of allylic oxidation sites excluding steroid dienone is 2. The summed E-state index contributed by atoms with van der Waals surface area (Å²) in [6.45, 7) is 4.91. The highest BCUT2D eigenvalue weighted by Gasteiger charge is 2.60. The van der Waals surface area contributed by atoms with E-state index in [0.717, 1.165) is 36.7 Å². The van der Waals surface area contributed by atoms with Crippen LogP contribution in [0.3, 0.4) is 0 Å². The van der Waals surface area contributed by atoms with E-state index in [1.807, 2.05) is 0 Å². The molecule has 4 aliphatic rings. The first-order valence-electron chi connectivity index (χ1n) is 8.84. The van der Waals surface area contributed by atoms with Crippen molar-refractivity contribution < 1.29 is 9.90 Å². The van der Waals surface area contributed by atoms with E-state index in [1.54, 1.807) is 0 Å². The van der Waals surface area contributed by atoms with Crippen molar-refractivity contribution in [3.8, 4) is 0 Å².